The molecular formula is C24H22Cl2N2O5S. The molecule has 0 fully saturated rings. The summed E-state index contributed by atoms with van der Waals surface area (Å²) in [6.45, 7) is 3.46. The number of nitrogens with one attached hydrogen (secondary N) is 2. The number of hydrogen-bond acceptors (Lipinski definition) is 5. The Bertz CT molecular complexity index is 1320. The van der Waals surface area contributed by atoms with Crippen molar-refractivity contribution < 1.29 is 23.1 Å². The van der Waals surface area contributed by atoms with Gasteiger partial charge >= 0.3 is 0 Å². The largest absolute Gasteiger partial charge is 0.506 e. The van der Waals surface area contributed by atoms with E-state index in [4.69, 9.17) is 23.2 Å². The van der Waals surface area contributed by atoms with Crippen molar-refractivity contribution in [2.75, 3.05) is 10.6 Å². The van der Waals surface area contributed by atoms with Crippen molar-refractivity contribution >= 4 is 56.2 Å². The van der Waals surface area contributed by atoms with Gasteiger partial charge in [-0.15, -0.1) is 0 Å². The van der Waals surface area contributed by atoms with E-state index in [1.54, 1.807) is 31.2 Å². The van der Waals surface area contributed by atoms with E-state index in [1.165, 1.54) is 30.3 Å². The molecule has 0 saturated carbocycles. The van der Waals surface area contributed by atoms with E-state index in [-0.39, 0.29) is 33.5 Å². The Morgan fingerprint density at radius 2 is 1.56 bits per heavy atom. The fourth-order valence-electron chi connectivity index (χ4n) is 3.20. The predicted octanol–water partition coefficient (Wildman–Crippen LogP) is 5.45. The summed E-state index contributed by atoms with van der Waals surface area (Å²) in [4.78, 5) is 25.2. The molecule has 0 radical (unpaired) electrons. The average Bonchev–Trinajstić information content (AvgIpc) is 2.78. The van der Waals surface area contributed by atoms with E-state index < -0.39 is 26.9 Å². The molecule has 0 spiro atoms. The molecule has 0 bridgehead atoms. The van der Waals surface area contributed by atoms with Crippen LogP contribution in [0, 0.1) is 6.92 Å². The minimum Gasteiger partial charge on any atom is -0.506 e. The van der Waals surface area contributed by atoms with Gasteiger partial charge in [-0.25, -0.2) is 8.42 Å². The van der Waals surface area contributed by atoms with Crippen molar-refractivity contribution in [1.82, 2.24) is 0 Å². The molecule has 1 atom stereocenters. The Kier molecular flexibility index (Phi) is 7.86. The van der Waals surface area contributed by atoms with Crippen molar-refractivity contribution in [3.63, 3.8) is 0 Å². The van der Waals surface area contributed by atoms with Gasteiger partial charge < -0.3 is 15.7 Å². The number of hydrogen-bond donors (Lipinski definition) is 3. The Balaban J connectivity index is 1.80. The minimum absolute atomic E-state index is 0.00209. The number of amides is 2. The second kappa shape index (κ2) is 10.5. The molecule has 3 aromatic carbocycles. The molecule has 34 heavy (non-hydrogen) atoms. The molecule has 178 valence electrons. The van der Waals surface area contributed by atoms with Crippen LogP contribution in [0.25, 0.3) is 0 Å². The van der Waals surface area contributed by atoms with Crippen molar-refractivity contribution in [1.29, 1.82) is 0 Å². The van der Waals surface area contributed by atoms with Crippen LogP contribution in [0.5, 0.6) is 5.75 Å². The first-order valence-corrected chi connectivity index (χ1v) is 12.5. The summed E-state index contributed by atoms with van der Waals surface area (Å²) in [5.41, 5.74) is 1.42. The van der Waals surface area contributed by atoms with Gasteiger partial charge in [0.05, 0.1) is 21.3 Å². The summed E-state index contributed by atoms with van der Waals surface area (Å²) in [5, 5.41) is 14.4. The summed E-state index contributed by atoms with van der Waals surface area (Å²) in [7, 11) is -4.00. The van der Waals surface area contributed by atoms with Crippen molar-refractivity contribution in [3.05, 3.63) is 81.8 Å². The van der Waals surface area contributed by atoms with Gasteiger partial charge in [0.15, 0.2) is 9.84 Å². The Hall–Kier alpha value is -3.07. The topological polar surface area (TPSA) is 113 Å². The van der Waals surface area contributed by atoms with E-state index in [1.807, 2.05) is 6.92 Å². The van der Waals surface area contributed by atoms with E-state index in [9.17, 15) is 23.1 Å². The highest BCUT2D eigenvalue weighted by Crippen LogP contribution is 2.34. The van der Waals surface area contributed by atoms with Gasteiger partial charge in [0.25, 0.3) is 5.91 Å². The highest BCUT2D eigenvalue weighted by molar-refractivity contribution is 7.92. The van der Waals surface area contributed by atoms with E-state index in [0.29, 0.717) is 10.6 Å². The fourth-order valence-corrected chi connectivity index (χ4v) is 5.17. The molecule has 3 rings (SSSR count). The zero-order chi connectivity index (χ0) is 25.0. The normalized spacial score (nSPS) is 12.1. The standard InChI is InChI=1S/C24H22Cl2N2O5S/c1-3-22(34(32,33)17-10-8-16(25)9-11-17)24(31)27-19-13-21(29)20(12-18(19)26)28-23(30)15-6-4-14(2)5-7-15/h4-13,22,29H,3H2,1-2H3,(H,27,31)(H,28,30). The highest BCUT2D eigenvalue weighted by Gasteiger charge is 2.33. The predicted molar refractivity (Wildman–Crippen MR) is 134 cm³/mol. The number of sulfone groups is 1. The summed E-state index contributed by atoms with van der Waals surface area (Å²) in [6.07, 6.45) is 0.00504. The van der Waals surface area contributed by atoms with Gasteiger partial charge in [-0.3, -0.25) is 9.59 Å². The SMILES string of the molecule is CCC(C(=O)Nc1cc(O)c(NC(=O)c2ccc(C)cc2)cc1Cl)S(=O)(=O)c1ccc(Cl)cc1. The molecule has 2 amide bonds. The molecule has 7 nitrogen and oxygen atoms in total. The van der Waals surface area contributed by atoms with Crippen molar-refractivity contribution in [2.45, 2.75) is 30.4 Å². The van der Waals surface area contributed by atoms with E-state index in [0.717, 1.165) is 11.6 Å². The summed E-state index contributed by atoms with van der Waals surface area (Å²) in [5.74, 6) is -1.62. The Labute approximate surface area is 207 Å². The molecule has 10 heteroatoms. The van der Waals surface area contributed by atoms with Crippen LogP contribution < -0.4 is 10.6 Å². The first-order chi connectivity index (χ1) is 16.0. The Morgan fingerprint density at radius 1 is 0.941 bits per heavy atom. The summed E-state index contributed by atoms with van der Waals surface area (Å²) < 4.78 is 25.9. The van der Waals surface area contributed by atoms with Crippen molar-refractivity contribution in [2.24, 2.45) is 0 Å². The van der Waals surface area contributed by atoms with Crippen LogP contribution in [-0.4, -0.2) is 30.6 Å². The maximum absolute atomic E-state index is 13.0. The number of rotatable bonds is 7. The maximum atomic E-state index is 13.0. The number of benzene rings is 3. The number of aromatic hydroxyl groups is 1. The van der Waals surface area contributed by atoms with Crippen LogP contribution in [0.3, 0.4) is 0 Å². The lowest BCUT2D eigenvalue weighted by atomic mass is 10.1. The maximum Gasteiger partial charge on any atom is 0.255 e. The third kappa shape index (κ3) is 5.70. The molecule has 0 aliphatic rings. The first-order valence-electron chi connectivity index (χ1n) is 10.2. The van der Waals surface area contributed by atoms with Crippen molar-refractivity contribution in [3.8, 4) is 5.75 Å². The van der Waals surface area contributed by atoms with Crippen LogP contribution in [0.4, 0.5) is 11.4 Å². The van der Waals surface area contributed by atoms with Crippen LogP contribution >= 0.6 is 23.2 Å². The van der Waals surface area contributed by atoms with Gasteiger partial charge in [0.1, 0.15) is 11.0 Å². The van der Waals surface area contributed by atoms with E-state index >= 15 is 0 Å². The third-order valence-corrected chi connectivity index (χ3v) is 7.88. The number of halogens is 2. The first kappa shape index (κ1) is 25.6. The second-order valence-electron chi connectivity index (χ2n) is 7.55. The lowest BCUT2D eigenvalue weighted by molar-refractivity contribution is -0.115. The van der Waals surface area contributed by atoms with Crippen LogP contribution in [0.1, 0.15) is 29.3 Å². The van der Waals surface area contributed by atoms with Gasteiger partial charge in [-0.05, 0) is 55.8 Å². The van der Waals surface area contributed by atoms with Gasteiger partial charge in [0, 0.05) is 16.7 Å². The molecule has 1 unspecified atom stereocenters. The second-order valence-corrected chi connectivity index (χ2v) is 10.5. The summed E-state index contributed by atoms with van der Waals surface area (Å²) >= 11 is 12.1. The number of phenols is 1. The smallest absolute Gasteiger partial charge is 0.255 e. The molecule has 0 saturated heterocycles. The lowest BCUT2D eigenvalue weighted by Gasteiger charge is -2.17. The monoisotopic (exact) mass is 520 g/mol. The lowest BCUT2D eigenvalue weighted by Crippen LogP contribution is -2.34. The number of anilines is 2. The molecule has 3 N–H and O–H groups in total. The number of aryl methyl sites for hydroxylation is 1. The zero-order valence-corrected chi connectivity index (χ0v) is 20.6. The van der Waals surface area contributed by atoms with Gasteiger partial charge in [-0.2, -0.15) is 0 Å². The Morgan fingerprint density at radius 3 is 2.15 bits per heavy atom. The average molecular weight is 521 g/mol. The zero-order valence-electron chi connectivity index (χ0n) is 18.3. The van der Waals surface area contributed by atoms with Crippen LogP contribution in [-0.2, 0) is 14.6 Å². The number of carbonyl (C=O) groups is 2. The van der Waals surface area contributed by atoms with Crippen LogP contribution in [0.2, 0.25) is 10.0 Å². The van der Waals surface area contributed by atoms with E-state index in [2.05, 4.69) is 10.6 Å². The molecule has 0 aliphatic carbocycles. The van der Waals surface area contributed by atoms with Gasteiger partial charge in [-0.1, -0.05) is 47.8 Å². The molecule has 0 heterocycles. The third-order valence-electron chi connectivity index (χ3n) is 5.09. The fraction of sp³-hybridized carbons (Fsp3) is 0.167. The number of phenolic OH excluding ortho intramolecular Hbond substituents is 1. The summed E-state index contributed by atoms with van der Waals surface area (Å²) in [6, 6.07) is 14.8. The minimum atomic E-state index is -4.00. The quantitative estimate of drug-likeness (QED) is 0.358. The molecular weight excluding hydrogens is 499 g/mol. The van der Waals surface area contributed by atoms with Crippen LogP contribution in [0.15, 0.2) is 65.6 Å². The van der Waals surface area contributed by atoms with Gasteiger partial charge in [0.2, 0.25) is 5.91 Å². The molecule has 0 aromatic heterocycles. The molecule has 0 aliphatic heterocycles. The number of carbonyl (C=O) groups excluding carboxylic acids is 2. The molecule has 3 aromatic rings. The highest BCUT2D eigenvalue weighted by atomic mass is 35.5.